The van der Waals surface area contributed by atoms with Gasteiger partial charge in [0.05, 0.1) is 12.7 Å². The smallest absolute Gasteiger partial charge is 0.240 e. The van der Waals surface area contributed by atoms with Gasteiger partial charge in [-0.05, 0) is 18.8 Å². The zero-order chi connectivity index (χ0) is 12.7. The topological polar surface area (TPSA) is 62.1 Å². The summed E-state index contributed by atoms with van der Waals surface area (Å²) in [5, 5.41) is 12.1. The SMILES string of the molecule is COCC(C)CNC(=O)C1(C#N)CCCCC1. The minimum Gasteiger partial charge on any atom is -0.384 e. The van der Waals surface area contributed by atoms with Crippen LogP contribution in [-0.2, 0) is 9.53 Å². The van der Waals surface area contributed by atoms with Gasteiger partial charge in [0.2, 0.25) is 5.91 Å². The molecule has 1 fully saturated rings. The molecule has 0 radical (unpaired) electrons. The van der Waals surface area contributed by atoms with Crippen LogP contribution < -0.4 is 5.32 Å². The number of hydrogen-bond donors (Lipinski definition) is 1. The molecule has 0 aromatic heterocycles. The maximum Gasteiger partial charge on any atom is 0.240 e. The third-order valence-corrected chi connectivity index (χ3v) is 3.42. The van der Waals surface area contributed by atoms with E-state index in [1.807, 2.05) is 6.92 Å². The first-order valence-corrected chi connectivity index (χ1v) is 6.33. The van der Waals surface area contributed by atoms with Gasteiger partial charge in [-0.1, -0.05) is 26.2 Å². The average molecular weight is 238 g/mol. The number of carbonyl (C=O) groups excluding carboxylic acids is 1. The van der Waals surface area contributed by atoms with E-state index in [9.17, 15) is 10.1 Å². The molecule has 96 valence electrons. The van der Waals surface area contributed by atoms with Crippen molar-refractivity contribution in [3.05, 3.63) is 0 Å². The number of carbonyl (C=O) groups is 1. The Labute approximate surface area is 103 Å². The fourth-order valence-electron chi connectivity index (χ4n) is 2.32. The van der Waals surface area contributed by atoms with Gasteiger partial charge >= 0.3 is 0 Å². The standard InChI is InChI=1S/C13H22N2O2/c1-11(9-17-2)8-15-12(16)13(10-14)6-4-3-5-7-13/h11H,3-9H2,1-2H3,(H,15,16). The van der Waals surface area contributed by atoms with Crippen molar-refractivity contribution < 1.29 is 9.53 Å². The van der Waals surface area contributed by atoms with Gasteiger partial charge in [-0.3, -0.25) is 4.79 Å². The largest absolute Gasteiger partial charge is 0.384 e. The Kier molecular flexibility index (Phi) is 5.43. The second-order valence-electron chi connectivity index (χ2n) is 5.03. The fraction of sp³-hybridized carbons (Fsp3) is 0.846. The maximum atomic E-state index is 12.1. The van der Waals surface area contributed by atoms with Crippen molar-refractivity contribution in [1.29, 1.82) is 5.26 Å². The number of nitrogens with one attached hydrogen (secondary N) is 1. The Morgan fingerprint density at radius 3 is 2.65 bits per heavy atom. The van der Waals surface area contributed by atoms with E-state index in [0.29, 0.717) is 26.0 Å². The molecule has 0 aromatic carbocycles. The first-order valence-electron chi connectivity index (χ1n) is 6.33. The predicted octanol–water partition coefficient (Wildman–Crippen LogP) is 1.86. The van der Waals surface area contributed by atoms with Crippen LogP contribution in [0.2, 0.25) is 0 Å². The second kappa shape index (κ2) is 6.61. The molecular weight excluding hydrogens is 216 g/mol. The van der Waals surface area contributed by atoms with E-state index in [1.54, 1.807) is 7.11 Å². The molecular formula is C13H22N2O2. The van der Waals surface area contributed by atoms with Gasteiger partial charge in [-0.25, -0.2) is 0 Å². The molecule has 1 aliphatic carbocycles. The highest BCUT2D eigenvalue weighted by Crippen LogP contribution is 2.35. The van der Waals surface area contributed by atoms with Crippen LogP contribution in [0.25, 0.3) is 0 Å². The van der Waals surface area contributed by atoms with Crippen molar-refractivity contribution in [3.63, 3.8) is 0 Å². The molecule has 1 amide bonds. The summed E-state index contributed by atoms with van der Waals surface area (Å²) in [5.41, 5.74) is -0.773. The Hall–Kier alpha value is -1.08. The molecule has 0 heterocycles. The lowest BCUT2D eigenvalue weighted by atomic mass is 9.74. The van der Waals surface area contributed by atoms with Crippen LogP contribution in [0.1, 0.15) is 39.0 Å². The molecule has 1 rings (SSSR count). The van der Waals surface area contributed by atoms with Crippen molar-refractivity contribution in [2.75, 3.05) is 20.3 Å². The lowest BCUT2D eigenvalue weighted by Gasteiger charge is -2.29. The number of hydrogen-bond acceptors (Lipinski definition) is 3. The molecule has 0 aliphatic heterocycles. The molecule has 1 atom stereocenters. The van der Waals surface area contributed by atoms with Crippen molar-refractivity contribution >= 4 is 5.91 Å². The van der Waals surface area contributed by atoms with Gasteiger partial charge in [0.15, 0.2) is 0 Å². The molecule has 0 bridgehead atoms. The lowest BCUT2D eigenvalue weighted by molar-refractivity contribution is -0.129. The number of amides is 1. The summed E-state index contributed by atoms with van der Waals surface area (Å²) in [5.74, 6) is 0.186. The van der Waals surface area contributed by atoms with Crippen LogP contribution in [0.15, 0.2) is 0 Å². The summed E-state index contributed by atoms with van der Waals surface area (Å²) in [6.45, 7) is 3.22. The van der Waals surface area contributed by atoms with Crippen LogP contribution in [0.4, 0.5) is 0 Å². The molecule has 1 unspecified atom stereocenters. The van der Waals surface area contributed by atoms with E-state index >= 15 is 0 Å². The van der Waals surface area contributed by atoms with E-state index < -0.39 is 5.41 Å². The molecule has 1 saturated carbocycles. The van der Waals surface area contributed by atoms with Crippen molar-refractivity contribution in [2.24, 2.45) is 11.3 Å². The summed E-state index contributed by atoms with van der Waals surface area (Å²) in [6, 6.07) is 2.23. The van der Waals surface area contributed by atoms with Gasteiger partial charge < -0.3 is 10.1 Å². The highest BCUT2D eigenvalue weighted by Gasteiger charge is 2.39. The van der Waals surface area contributed by atoms with Crippen LogP contribution in [0.3, 0.4) is 0 Å². The third-order valence-electron chi connectivity index (χ3n) is 3.42. The van der Waals surface area contributed by atoms with Gasteiger partial charge in [0, 0.05) is 13.7 Å². The molecule has 1 aliphatic rings. The summed E-state index contributed by atoms with van der Waals surface area (Å²) < 4.78 is 5.02. The van der Waals surface area contributed by atoms with Crippen LogP contribution in [0.5, 0.6) is 0 Å². The van der Waals surface area contributed by atoms with Gasteiger partial charge in [0.25, 0.3) is 0 Å². The van der Waals surface area contributed by atoms with Crippen LogP contribution in [0, 0.1) is 22.7 Å². The summed E-state index contributed by atoms with van der Waals surface area (Å²) in [6.07, 6.45) is 4.50. The molecule has 17 heavy (non-hydrogen) atoms. The molecule has 1 N–H and O–H groups in total. The molecule has 0 aromatic rings. The van der Waals surface area contributed by atoms with Gasteiger partial charge in [-0.2, -0.15) is 5.26 Å². The monoisotopic (exact) mass is 238 g/mol. The Balaban J connectivity index is 2.47. The molecule has 4 heteroatoms. The second-order valence-corrected chi connectivity index (χ2v) is 5.03. The normalized spacial score (nSPS) is 20.3. The minimum atomic E-state index is -0.773. The fourth-order valence-corrected chi connectivity index (χ4v) is 2.32. The van der Waals surface area contributed by atoms with Crippen molar-refractivity contribution in [3.8, 4) is 6.07 Å². The number of nitriles is 1. The zero-order valence-corrected chi connectivity index (χ0v) is 10.8. The summed E-state index contributed by atoms with van der Waals surface area (Å²) >= 11 is 0. The highest BCUT2D eigenvalue weighted by molar-refractivity contribution is 5.85. The van der Waals surface area contributed by atoms with Crippen molar-refractivity contribution in [2.45, 2.75) is 39.0 Å². The van der Waals surface area contributed by atoms with E-state index in [-0.39, 0.29) is 11.8 Å². The molecule has 0 saturated heterocycles. The Morgan fingerprint density at radius 1 is 1.47 bits per heavy atom. The van der Waals surface area contributed by atoms with E-state index in [1.165, 1.54) is 0 Å². The maximum absolute atomic E-state index is 12.1. The minimum absolute atomic E-state index is 0.0948. The van der Waals surface area contributed by atoms with Crippen molar-refractivity contribution in [1.82, 2.24) is 5.32 Å². The molecule has 4 nitrogen and oxygen atoms in total. The molecule has 0 spiro atoms. The Bertz CT molecular complexity index is 290. The van der Waals surface area contributed by atoms with Crippen LogP contribution >= 0.6 is 0 Å². The predicted molar refractivity (Wildman–Crippen MR) is 65.2 cm³/mol. The zero-order valence-electron chi connectivity index (χ0n) is 10.8. The number of ether oxygens (including phenoxy) is 1. The first kappa shape index (κ1) is 14.0. The average Bonchev–Trinajstić information content (AvgIpc) is 2.37. The first-order chi connectivity index (χ1) is 8.14. The summed E-state index contributed by atoms with van der Waals surface area (Å²) in [7, 11) is 1.65. The van der Waals surface area contributed by atoms with E-state index in [0.717, 1.165) is 19.3 Å². The highest BCUT2D eigenvalue weighted by atomic mass is 16.5. The Morgan fingerprint density at radius 2 is 2.12 bits per heavy atom. The summed E-state index contributed by atoms with van der Waals surface area (Å²) in [4.78, 5) is 12.1. The quantitative estimate of drug-likeness (QED) is 0.795. The van der Waals surface area contributed by atoms with E-state index in [2.05, 4.69) is 11.4 Å². The van der Waals surface area contributed by atoms with Gasteiger partial charge in [-0.15, -0.1) is 0 Å². The number of rotatable bonds is 5. The van der Waals surface area contributed by atoms with E-state index in [4.69, 9.17) is 4.74 Å². The van der Waals surface area contributed by atoms with Gasteiger partial charge in [0.1, 0.15) is 5.41 Å². The number of methoxy groups -OCH3 is 1. The lowest BCUT2D eigenvalue weighted by Crippen LogP contribution is -2.43. The van der Waals surface area contributed by atoms with Crippen LogP contribution in [-0.4, -0.2) is 26.2 Å². The third kappa shape index (κ3) is 3.71. The number of nitrogens with zero attached hydrogens (tertiary/aromatic N) is 1.